The minimum absolute atomic E-state index is 0.0304. The van der Waals surface area contributed by atoms with Gasteiger partial charge in [-0.25, -0.2) is 4.79 Å². The van der Waals surface area contributed by atoms with Gasteiger partial charge in [0.15, 0.2) is 0 Å². The van der Waals surface area contributed by atoms with E-state index in [1.165, 1.54) is 0 Å². The molecule has 1 aliphatic rings. The zero-order valence-electron chi connectivity index (χ0n) is 19.7. The molecule has 1 saturated heterocycles. The monoisotopic (exact) mass is 504 g/mol. The number of carbonyl (C=O) groups excluding carboxylic acids is 1. The molecule has 0 aliphatic carbocycles. The van der Waals surface area contributed by atoms with Crippen LogP contribution in [0.1, 0.15) is 59.6 Å². The number of benzene rings is 1. The second-order valence-electron chi connectivity index (χ2n) is 9.86. The fourth-order valence-corrected chi connectivity index (χ4v) is 4.55. The highest BCUT2D eigenvalue weighted by Gasteiger charge is 2.40. The number of nitrogens with zero attached hydrogens (tertiary/aromatic N) is 1. The van der Waals surface area contributed by atoms with Crippen molar-refractivity contribution >= 4 is 40.7 Å². The Kier molecular flexibility index (Phi) is 9.22. The maximum Gasteiger partial charge on any atom is 0.410 e. The van der Waals surface area contributed by atoms with Crippen molar-refractivity contribution in [3.63, 3.8) is 0 Å². The zero-order valence-corrected chi connectivity index (χ0v) is 22.0. The van der Waals surface area contributed by atoms with Crippen molar-refractivity contribution in [1.82, 2.24) is 9.62 Å². The van der Waals surface area contributed by atoms with Gasteiger partial charge in [-0.1, -0.05) is 35.9 Å². The quantitative estimate of drug-likeness (QED) is 0.369. The summed E-state index contributed by atoms with van der Waals surface area (Å²) in [5, 5.41) is 0.745. The van der Waals surface area contributed by atoms with Gasteiger partial charge in [-0.15, -0.1) is 4.72 Å². The van der Waals surface area contributed by atoms with E-state index in [1.54, 1.807) is 23.1 Å². The Balaban J connectivity index is 2.39. The Morgan fingerprint density at radius 1 is 1.31 bits per heavy atom. The van der Waals surface area contributed by atoms with Crippen LogP contribution in [0.4, 0.5) is 4.79 Å². The van der Waals surface area contributed by atoms with Crippen LogP contribution >= 0.6 is 23.2 Å². The molecule has 3 atom stereocenters. The van der Waals surface area contributed by atoms with E-state index in [2.05, 4.69) is 11.3 Å². The summed E-state index contributed by atoms with van der Waals surface area (Å²) < 4.78 is 27.2. The lowest BCUT2D eigenvalue weighted by Gasteiger charge is -2.32. The average molecular weight is 506 g/mol. The molecule has 1 aliphatic heterocycles. The van der Waals surface area contributed by atoms with Gasteiger partial charge in [0.2, 0.25) is 0 Å². The predicted molar refractivity (Wildman–Crippen MR) is 132 cm³/mol. The minimum atomic E-state index is -1.36. The molecule has 0 saturated carbocycles. The average Bonchev–Trinajstić information content (AvgIpc) is 3.14. The lowest BCUT2D eigenvalue weighted by atomic mass is 9.92. The van der Waals surface area contributed by atoms with Crippen LogP contribution in [-0.2, 0) is 16.1 Å². The van der Waals surface area contributed by atoms with E-state index in [9.17, 15) is 9.35 Å². The number of carbonyl (C=O) groups is 1. The van der Waals surface area contributed by atoms with Gasteiger partial charge < -0.3 is 18.9 Å². The number of hydrogen-bond donors (Lipinski definition) is 1. The Morgan fingerprint density at radius 3 is 2.50 bits per heavy atom. The first-order chi connectivity index (χ1) is 14.7. The summed E-state index contributed by atoms with van der Waals surface area (Å²) in [6, 6.07) is 3.03. The SMILES string of the molecule is C=CCOc1cc(Cl)c(Cl)cc1C(N[S+]([O-])C(C)(C)C)[C@H]1CCN(C(=O)OC(C)(C)C)C1. The van der Waals surface area contributed by atoms with Crippen LogP contribution in [0.2, 0.25) is 10.0 Å². The van der Waals surface area contributed by atoms with Crippen LogP contribution in [0.15, 0.2) is 24.8 Å². The first-order valence-corrected chi connectivity index (χ1v) is 12.5. The van der Waals surface area contributed by atoms with Gasteiger partial charge in [-0.3, -0.25) is 0 Å². The molecule has 0 aromatic heterocycles. The van der Waals surface area contributed by atoms with Crippen molar-refractivity contribution in [2.45, 2.75) is 64.4 Å². The van der Waals surface area contributed by atoms with Crippen LogP contribution in [0, 0.1) is 5.92 Å². The van der Waals surface area contributed by atoms with Gasteiger partial charge in [0.05, 0.1) is 16.1 Å². The van der Waals surface area contributed by atoms with Crippen LogP contribution in [0.5, 0.6) is 5.75 Å². The van der Waals surface area contributed by atoms with Gasteiger partial charge in [0.1, 0.15) is 22.7 Å². The molecule has 2 rings (SSSR count). The van der Waals surface area contributed by atoms with E-state index < -0.39 is 21.7 Å². The molecule has 180 valence electrons. The normalized spacial score (nSPS) is 18.9. The highest BCUT2D eigenvalue weighted by atomic mass is 35.5. The Bertz CT molecular complexity index is 823. The fourth-order valence-electron chi connectivity index (χ4n) is 3.32. The van der Waals surface area contributed by atoms with Crippen LogP contribution in [0.3, 0.4) is 0 Å². The fraction of sp³-hybridized carbons (Fsp3) is 0.609. The third kappa shape index (κ3) is 7.45. The van der Waals surface area contributed by atoms with Gasteiger partial charge in [-0.2, -0.15) is 0 Å². The maximum atomic E-state index is 13.1. The van der Waals surface area contributed by atoms with Crippen molar-refractivity contribution in [3.05, 3.63) is 40.4 Å². The molecule has 1 fully saturated rings. The number of nitrogens with one attached hydrogen (secondary N) is 1. The van der Waals surface area contributed by atoms with Gasteiger partial charge in [0.25, 0.3) is 0 Å². The molecular formula is C23H34Cl2N2O4S. The second kappa shape index (κ2) is 10.9. The minimum Gasteiger partial charge on any atom is -0.598 e. The smallest absolute Gasteiger partial charge is 0.410 e. The molecule has 9 heteroatoms. The standard InChI is InChI=1S/C23H34Cl2N2O4S/c1-8-11-30-19-13-18(25)17(24)12-16(19)20(26-32(29)23(5,6)7)15-9-10-27(14-15)21(28)31-22(2,3)4/h8,12-13,15,20,26H,1,9-11,14H2,2-7H3/t15-,20?,32?/m0/s1. The van der Waals surface area contributed by atoms with Crippen molar-refractivity contribution in [1.29, 1.82) is 0 Å². The Hall–Kier alpha value is -1.12. The number of hydrogen-bond acceptors (Lipinski definition) is 5. The first kappa shape index (κ1) is 27.1. The summed E-state index contributed by atoms with van der Waals surface area (Å²) in [5.41, 5.74) is 0.172. The van der Waals surface area contributed by atoms with E-state index in [1.807, 2.05) is 41.5 Å². The molecule has 0 bridgehead atoms. The maximum absolute atomic E-state index is 13.1. The third-order valence-corrected chi connectivity index (χ3v) is 7.18. The van der Waals surface area contributed by atoms with Crippen molar-refractivity contribution in [2.24, 2.45) is 5.92 Å². The Morgan fingerprint density at radius 2 is 1.94 bits per heavy atom. The lowest BCUT2D eigenvalue weighted by molar-refractivity contribution is 0.0286. The largest absolute Gasteiger partial charge is 0.598 e. The van der Waals surface area contributed by atoms with Crippen LogP contribution in [0.25, 0.3) is 0 Å². The summed E-state index contributed by atoms with van der Waals surface area (Å²) in [4.78, 5) is 14.3. The Labute approximate surface area is 204 Å². The number of ether oxygens (including phenoxy) is 2. The molecule has 0 spiro atoms. The first-order valence-electron chi connectivity index (χ1n) is 10.6. The zero-order chi connectivity index (χ0) is 24.3. The number of amides is 1. The summed E-state index contributed by atoms with van der Waals surface area (Å²) in [6.07, 6.45) is 1.99. The molecule has 2 unspecified atom stereocenters. The van der Waals surface area contributed by atoms with E-state index in [-0.39, 0.29) is 24.7 Å². The molecule has 0 radical (unpaired) electrons. The highest BCUT2D eigenvalue weighted by Crippen LogP contribution is 2.40. The van der Waals surface area contributed by atoms with E-state index in [4.69, 9.17) is 32.7 Å². The summed E-state index contributed by atoms with van der Waals surface area (Å²) in [5.74, 6) is 0.510. The number of halogens is 2. The molecule has 1 N–H and O–H groups in total. The van der Waals surface area contributed by atoms with Crippen molar-refractivity contribution < 1.29 is 18.8 Å². The third-order valence-electron chi connectivity index (χ3n) is 4.88. The number of rotatable bonds is 7. The van der Waals surface area contributed by atoms with Crippen molar-refractivity contribution in [3.8, 4) is 5.75 Å². The van der Waals surface area contributed by atoms with Gasteiger partial charge >= 0.3 is 6.09 Å². The molecule has 1 aromatic carbocycles. The summed E-state index contributed by atoms with van der Waals surface area (Å²) in [6.45, 7) is 16.2. The van der Waals surface area contributed by atoms with E-state index in [0.717, 1.165) is 5.56 Å². The topological polar surface area (TPSA) is 73.9 Å². The molecule has 32 heavy (non-hydrogen) atoms. The van der Waals surface area contributed by atoms with Gasteiger partial charge in [0, 0.05) is 42.0 Å². The predicted octanol–water partition coefficient (Wildman–Crippen LogP) is 5.91. The summed E-state index contributed by atoms with van der Waals surface area (Å²) >= 11 is 11.2. The molecule has 6 nitrogen and oxygen atoms in total. The molecule has 1 amide bonds. The summed E-state index contributed by atoms with van der Waals surface area (Å²) in [7, 11) is 0. The molecule has 1 heterocycles. The molecular weight excluding hydrogens is 471 g/mol. The number of likely N-dealkylation sites (tertiary alicyclic amines) is 1. The van der Waals surface area contributed by atoms with Crippen LogP contribution < -0.4 is 9.46 Å². The highest BCUT2D eigenvalue weighted by molar-refractivity contribution is 7.90. The van der Waals surface area contributed by atoms with Crippen LogP contribution in [-0.4, -0.2) is 45.6 Å². The van der Waals surface area contributed by atoms with E-state index >= 15 is 0 Å². The van der Waals surface area contributed by atoms with Gasteiger partial charge in [-0.05, 0) is 54.0 Å². The second-order valence-corrected chi connectivity index (χ2v) is 12.7. The van der Waals surface area contributed by atoms with E-state index in [0.29, 0.717) is 35.3 Å². The van der Waals surface area contributed by atoms with Crippen molar-refractivity contribution in [2.75, 3.05) is 19.7 Å². The molecule has 1 aromatic rings. The lowest BCUT2D eigenvalue weighted by Crippen LogP contribution is -2.44.